The minimum absolute atomic E-state index is 0.0815. The third kappa shape index (κ3) is 6.30. The Balaban J connectivity index is 1.69. The van der Waals surface area contributed by atoms with Gasteiger partial charge in [0.05, 0.1) is 13.0 Å². The van der Waals surface area contributed by atoms with Crippen LogP contribution in [-0.4, -0.2) is 25.0 Å². The molecule has 2 aromatic carbocycles. The molecule has 0 spiro atoms. The SMILES string of the molecule is CC(=O)Nc1ccc(CC(=O)NCCOc2ccc(Cl)cc2)cc1. The van der Waals surface area contributed by atoms with Crippen LogP contribution in [0.25, 0.3) is 0 Å². The van der Waals surface area contributed by atoms with Crippen molar-refractivity contribution in [1.82, 2.24) is 5.32 Å². The Morgan fingerprint density at radius 3 is 2.33 bits per heavy atom. The van der Waals surface area contributed by atoms with Crippen molar-refractivity contribution in [3.63, 3.8) is 0 Å². The molecule has 0 aliphatic carbocycles. The predicted molar refractivity (Wildman–Crippen MR) is 94.4 cm³/mol. The standard InChI is InChI=1S/C18H19ClN2O3/c1-13(22)21-16-6-2-14(3-7-16)12-18(23)20-10-11-24-17-8-4-15(19)5-9-17/h2-9H,10-12H2,1H3,(H,20,23)(H,21,22). The second-order valence-electron chi connectivity index (χ2n) is 5.21. The van der Waals surface area contributed by atoms with Gasteiger partial charge in [-0.15, -0.1) is 0 Å². The van der Waals surface area contributed by atoms with Crippen LogP contribution in [0.1, 0.15) is 12.5 Å². The number of carbonyl (C=O) groups is 2. The number of carbonyl (C=O) groups excluding carboxylic acids is 2. The van der Waals surface area contributed by atoms with Crippen molar-refractivity contribution in [1.29, 1.82) is 0 Å². The third-order valence-electron chi connectivity index (χ3n) is 3.15. The van der Waals surface area contributed by atoms with Crippen molar-refractivity contribution < 1.29 is 14.3 Å². The van der Waals surface area contributed by atoms with Gasteiger partial charge in [-0.2, -0.15) is 0 Å². The first-order valence-electron chi connectivity index (χ1n) is 7.54. The molecule has 2 amide bonds. The molecule has 126 valence electrons. The number of rotatable bonds is 7. The first kappa shape index (κ1) is 17.8. The van der Waals surface area contributed by atoms with Crippen molar-refractivity contribution in [2.75, 3.05) is 18.5 Å². The second-order valence-corrected chi connectivity index (χ2v) is 5.64. The van der Waals surface area contributed by atoms with Crippen LogP contribution in [0.15, 0.2) is 48.5 Å². The molecular formula is C18H19ClN2O3. The Labute approximate surface area is 146 Å². The molecule has 24 heavy (non-hydrogen) atoms. The Morgan fingerprint density at radius 1 is 1.04 bits per heavy atom. The van der Waals surface area contributed by atoms with Crippen LogP contribution in [0.2, 0.25) is 5.02 Å². The maximum atomic E-state index is 11.9. The molecule has 6 heteroatoms. The maximum Gasteiger partial charge on any atom is 0.224 e. The highest BCUT2D eigenvalue weighted by Crippen LogP contribution is 2.15. The fourth-order valence-corrected chi connectivity index (χ4v) is 2.17. The summed E-state index contributed by atoms with van der Waals surface area (Å²) >= 11 is 5.79. The van der Waals surface area contributed by atoms with Crippen LogP contribution in [0.3, 0.4) is 0 Å². The van der Waals surface area contributed by atoms with Gasteiger partial charge < -0.3 is 15.4 Å². The van der Waals surface area contributed by atoms with E-state index in [0.29, 0.717) is 29.6 Å². The van der Waals surface area contributed by atoms with Gasteiger partial charge in [0.1, 0.15) is 12.4 Å². The molecular weight excluding hydrogens is 328 g/mol. The first-order valence-corrected chi connectivity index (χ1v) is 7.92. The molecule has 0 saturated heterocycles. The molecule has 2 aromatic rings. The van der Waals surface area contributed by atoms with Crippen molar-refractivity contribution in [3.8, 4) is 5.75 Å². The van der Waals surface area contributed by atoms with Crippen molar-refractivity contribution in [2.45, 2.75) is 13.3 Å². The van der Waals surface area contributed by atoms with E-state index in [2.05, 4.69) is 10.6 Å². The van der Waals surface area contributed by atoms with Crippen LogP contribution < -0.4 is 15.4 Å². The Morgan fingerprint density at radius 2 is 1.71 bits per heavy atom. The third-order valence-corrected chi connectivity index (χ3v) is 3.40. The molecule has 0 aliphatic heterocycles. The van der Waals surface area contributed by atoms with E-state index in [9.17, 15) is 9.59 Å². The van der Waals surface area contributed by atoms with Gasteiger partial charge in [-0.25, -0.2) is 0 Å². The minimum Gasteiger partial charge on any atom is -0.492 e. The number of benzene rings is 2. The summed E-state index contributed by atoms with van der Waals surface area (Å²) in [6, 6.07) is 14.2. The number of nitrogens with one attached hydrogen (secondary N) is 2. The van der Waals surface area contributed by atoms with Crippen molar-refractivity contribution in [3.05, 3.63) is 59.1 Å². The van der Waals surface area contributed by atoms with Gasteiger partial charge in [0.15, 0.2) is 0 Å². The number of hydrogen-bond acceptors (Lipinski definition) is 3. The van der Waals surface area contributed by atoms with E-state index in [4.69, 9.17) is 16.3 Å². The van der Waals surface area contributed by atoms with Crippen molar-refractivity contribution in [2.24, 2.45) is 0 Å². The molecule has 0 bridgehead atoms. The van der Waals surface area contributed by atoms with E-state index in [0.717, 1.165) is 5.56 Å². The highest BCUT2D eigenvalue weighted by Gasteiger charge is 2.04. The van der Waals surface area contributed by atoms with Gasteiger partial charge in [-0.3, -0.25) is 9.59 Å². The van der Waals surface area contributed by atoms with Gasteiger partial charge in [-0.05, 0) is 42.0 Å². The summed E-state index contributed by atoms with van der Waals surface area (Å²) in [6.45, 7) is 2.26. The number of halogens is 1. The number of ether oxygens (including phenoxy) is 1. The highest BCUT2D eigenvalue weighted by molar-refractivity contribution is 6.30. The van der Waals surface area contributed by atoms with Gasteiger partial charge in [0.2, 0.25) is 11.8 Å². The van der Waals surface area contributed by atoms with Gasteiger partial charge >= 0.3 is 0 Å². The highest BCUT2D eigenvalue weighted by atomic mass is 35.5. The minimum atomic E-state index is -0.124. The largest absolute Gasteiger partial charge is 0.492 e. The van der Waals surface area contributed by atoms with E-state index in [-0.39, 0.29) is 18.2 Å². The van der Waals surface area contributed by atoms with E-state index in [1.165, 1.54) is 6.92 Å². The summed E-state index contributed by atoms with van der Waals surface area (Å²) in [5, 5.41) is 6.13. The zero-order chi connectivity index (χ0) is 17.4. The predicted octanol–water partition coefficient (Wildman–Crippen LogP) is 3.04. The van der Waals surface area contributed by atoms with Crippen LogP contribution in [0, 0.1) is 0 Å². The Bertz CT molecular complexity index is 684. The first-order chi connectivity index (χ1) is 11.5. The van der Waals surface area contributed by atoms with E-state index < -0.39 is 0 Å². The molecule has 0 radical (unpaired) electrons. The normalized spacial score (nSPS) is 10.1. The van der Waals surface area contributed by atoms with E-state index >= 15 is 0 Å². The van der Waals surface area contributed by atoms with Gasteiger partial charge in [-0.1, -0.05) is 23.7 Å². The van der Waals surface area contributed by atoms with Gasteiger partial charge in [0, 0.05) is 17.6 Å². The fraction of sp³-hybridized carbons (Fsp3) is 0.222. The molecule has 0 saturated carbocycles. The number of anilines is 1. The number of hydrogen-bond donors (Lipinski definition) is 2. The zero-order valence-electron chi connectivity index (χ0n) is 13.3. The lowest BCUT2D eigenvalue weighted by Gasteiger charge is -2.08. The molecule has 2 rings (SSSR count). The summed E-state index contributed by atoms with van der Waals surface area (Å²) in [5.41, 5.74) is 1.59. The Hall–Kier alpha value is -2.53. The fourth-order valence-electron chi connectivity index (χ4n) is 2.05. The Kier molecular flexibility index (Phi) is 6.63. The molecule has 0 heterocycles. The average molecular weight is 347 g/mol. The van der Waals surface area contributed by atoms with Crippen LogP contribution in [-0.2, 0) is 16.0 Å². The van der Waals surface area contributed by atoms with Crippen molar-refractivity contribution >= 4 is 29.1 Å². The molecule has 0 aromatic heterocycles. The van der Waals surface area contributed by atoms with Crippen LogP contribution >= 0.6 is 11.6 Å². The summed E-state index contributed by atoms with van der Waals surface area (Å²) in [6.07, 6.45) is 0.279. The lowest BCUT2D eigenvalue weighted by molar-refractivity contribution is -0.120. The molecule has 0 atom stereocenters. The lowest BCUT2D eigenvalue weighted by atomic mass is 10.1. The summed E-state index contributed by atoms with van der Waals surface area (Å²) in [4.78, 5) is 22.8. The zero-order valence-corrected chi connectivity index (χ0v) is 14.1. The van der Waals surface area contributed by atoms with E-state index in [1.54, 1.807) is 36.4 Å². The smallest absolute Gasteiger partial charge is 0.224 e. The molecule has 0 fully saturated rings. The molecule has 5 nitrogen and oxygen atoms in total. The quantitative estimate of drug-likeness (QED) is 0.757. The summed E-state index contributed by atoms with van der Waals surface area (Å²) < 4.78 is 5.50. The van der Waals surface area contributed by atoms with Crippen LogP contribution in [0.5, 0.6) is 5.75 Å². The summed E-state index contributed by atoms with van der Waals surface area (Å²) in [7, 11) is 0. The molecule has 0 unspecified atom stereocenters. The molecule has 2 N–H and O–H groups in total. The second kappa shape index (κ2) is 8.93. The summed E-state index contributed by atoms with van der Waals surface area (Å²) in [5.74, 6) is 0.505. The lowest BCUT2D eigenvalue weighted by Crippen LogP contribution is -2.29. The maximum absolute atomic E-state index is 11.9. The topological polar surface area (TPSA) is 67.4 Å². The van der Waals surface area contributed by atoms with E-state index in [1.807, 2.05) is 12.1 Å². The number of amides is 2. The van der Waals surface area contributed by atoms with Gasteiger partial charge in [0.25, 0.3) is 0 Å². The monoisotopic (exact) mass is 346 g/mol. The van der Waals surface area contributed by atoms with Crippen LogP contribution in [0.4, 0.5) is 5.69 Å². The average Bonchev–Trinajstić information content (AvgIpc) is 2.55. The molecule has 0 aliphatic rings.